The van der Waals surface area contributed by atoms with Gasteiger partial charge in [0, 0.05) is 0 Å². The molecular weight excluding hydrogens is 692 g/mol. The topological polar surface area (TPSA) is 0 Å². The number of benzene rings is 3. The lowest BCUT2D eigenvalue weighted by atomic mass is 9.84. The number of hydrogen-bond acceptors (Lipinski definition) is 0. The fourth-order valence-electron chi connectivity index (χ4n) is 7.02. The molecule has 2 fully saturated rings. The molecule has 3 aromatic rings. The highest BCUT2D eigenvalue weighted by Gasteiger charge is 2.14. The van der Waals surface area contributed by atoms with Crippen molar-refractivity contribution in [2.24, 2.45) is 35.5 Å². The van der Waals surface area contributed by atoms with Crippen LogP contribution in [-0.2, 0) is 0 Å². The van der Waals surface area contributed by atoms with Gasteiger partial charge < -0.3 is 0 Å². The molecule has 7 rings (SSSR count). The Balaban J connectivity index is 0.000000333. The van der Waals surface area contributed by atoms with Crippen molar-refractivity contribution in [2.75, 3.05) is 0 Å². The number of halogens is 1. The van der Waals surface area contributed by atoms with Gasteiger partial charge in [-0.15, -0.1) is 0 Å². The molecule has 0 nitrogen and oxygen atoms in total. The first-order valence-corrected chi connectivity index (χ1v) is 23.0. The van der Waals surface area contributed by atoms with E-state index >= 15 is 0 Å². The van der Waals surface area contributed by atoms with Crippen LogP contribution in [0.4, 0.5) is 4.39 Å². The predicted octanol–water partition coefficient (Wildman–Crippen LogP) is 18.2. The van der Waals surface area contributed by atoms with Gasteiger partial charge in [0.1, 0.15) is 5.82 Å². The second-order valence-electron chi connectivity index (χ2n) is 19.2. The van der Waals surface area contributed by atoms with Gasteiger partial charge in [-0.2, -0.15) is 0 Å². The van der Waals surface area contributed by atoms with E-state index in [0.29, 0.717) is 5.56 Å². The van der Waals surface area contributed by atoms with E-state index in [4.69, 9.17) is 0 Å². The van der Waals surface area contributed by atoms with Crippen molar-refractivity contribution < 1.29 is 4.39 Å². The van der Waals surface area contributed by atoms with E-state index in [1.165, 1.54) is 118 Å². The molecule has 1 heteroatoms. The largest absolute Gasteiger partial charge is 0.207 e. The zero-order valence-electron chi connectivity index (χ0n) is 39.7. The second kappa shape index (κ2) is 30.2. The highest BCUT2D eigenvalue weighted by Crippen LogP contribution is 2.28. The van der Waals surface area contributed by atoms with E-state index < -0.39 is 0 Å². The average molecular weight is 781 g/mol. The van der Waals surface area contributed by atoms with Gasteiger partial charge in [-0.1, -0.05) is 199 Å². The van der Waals surface area contributed by atoms with Crippen LogP contribution in [0, 0.1) is 82.9 Å². The molecule has 2 saturated carbocycles. The first-order valence-electron chi connectivity index (χ1n) is 23.0. The molecule has 0 heterocycles. The summed E-state index contributed by atoms with van der Waals surface area (Å²) in [7, 11) is 0. The Kier molecular flexibility index (Phi) is 27.6. The van der Waals surface area contributed by atoms with Crippen LogP contribution < -0.4 is 0 Å². The van der Waals surface area contributed by atoms with Gasteiger partial charge in [0.15, 0.2) is 0 Å². The summed E-state index contributed by atoms with van der Waals surface area (Å²) in [5.41, 5.74) is 10.2. The first kappa shape index (κ1) is 52.1. The maximum absolute atomic E-state index is 12.6. The van der Waals surface area contributed by atoms with E-state index in [9.17, 15) is 4.39 Å². The summed E-state index contributed by atoms with van der Waals surface area (Å²) in [6, 6.07) is 22.2. The molecule has 0 amide bonds. The van der Waals surface area contributed by atoms with Crippen molar-refractivity contribution in [1.82, 2.24) is 0 Å². The summed E-state index contributed by atoms with van der Waals surface area (Å²) in [6.45, 7) is 30.6. The Labute approximate surface area is 354 Å². The van der Waals surface area contributed by atoms with Crippen LogP contribution in [0.15, 0.2) is 90.0 Å². The first-order chi connectivity index (χ1) is 26.9. The third-order valence-electron chi connectivity index (χ3n) is 12.2. The van der Waals surface area contributed by atoms with Gasteiger partial charge in [0.2, 0.25) is 0 Å². The minimum absolute atomic E-state index is 0.116. The molecule has 57 heavy (non-hydrogen) atoms. The van der Waals surface area contributed by atoms with Gasteiger partial charge in [-0.25, -0.2) is 4.39 Å². The normalized spacial score (nSPS) is 23.6. The summed E-state index contributed by atoms with van der Waals surface area (Å²) in [5, 5.41) is 0. The van der Waals surface area contributed by atoms with E-state index in [1.807, 2.05) is 13.0 Å². The Morgan fingerprint density at radius 1 is 0.351 bits per heavy atom. The summed E-state index contributed by atoms with van der Waals surface area (Å²) >= 11 is 0. The van der Waals surface area contributed by atoms with Crippen LogP contribution in [0.3, 0.4) is 0 Å². The molecule has 0 spiro atoms. The Morgan fingerprint density at radius 3 is 0.807 bits per heavy atom. The molecule has 0 N–H and O–H groups in total. The molecule has 4 aliphatic rings. The van der Waals surface area contributed by atoms with Crippen molar-refractivity contribution in [2.45, 2.75) is 187 Å². The van der Waals surface area contributed by atoms with Crippen LogP contribution in [-0.4, -0.2) is 0 Å². The lowest BCUT2D eigenvalue weighted by Gasteiger charge is -2.22. The van der Waals surface area contributed by atoms with Crippen LogP contribution >= 0.6 is 0 Å². The molecule has 0 bridgehead atoms. The monoisotopic (exact) mass is 781 g/mol. The molecule has 0 aliphatic heterocycles. The standard InChI is InChI=1S/C8H9F.2C8H16.2C8H14.2C8H10/c1-6-3-4-7(2)8(9)5-6;6*1-7-3-5-8(2)6-4-7/h3-5H,1-2H3;2*7-8H,3-6H2,1-2H3;2*3,8H,4-6H2,1-2H3;2*3-6H,1-2H3. The van der Waals surface area contributed by atoms with Crippen molar-refractivity contribution >= 4 is 0 Å². The third-order valence-corrected chi connectivity index (χ3v) is 12.2. The Bertz CT molecular complexity index is 1340. The van der Waals surface area contributed by atoms with Gasteiger partial charge in [-0.3, -0.25) is 0 Å². The van der Waals surface area contributed by atoms with Crippen molar-refractivity contribution in [1.29, 1.82) is 0 Å². The zero-order chi connectivity index (χ0) is 42.8. The highest BCUT2D eigenvalue weighted by atomic mass is 19.1. The zero-order valence-corrected chi connectivity index (χ0v) is 39.7. The lowest BCUT2D eigenvalue weighted by Crippen LogP contribution is -2.08. The molecule has 0 saturated heterocycles. The molecule has 0 aromatic heterocycles. The van der Waals surface area contributed by atoms with E-state index in [1.54, 1.807) is 24.1 Å². The number of hydrogen-bond donors (Lipinski definition) is 0. The SMILES string of the molecule is CC1=CCC(C)CC1.CC1=CCC(C)CC1.CC1CCC(C)CC1.CC1CCC(C)CC1.Cc1ccc(C)c(F)c1.Cc1ccc(C)cc1.Cc1ccc(C)cc1. The van der Waals surface area contributed by atoms with Crippen molar-refractivity contribution in [3.8, 4) is 0 Å². The fraction of sp³-hybridized carbons (Fsp3) is 0.607. The number of rotatable bonds is 0. The minimum Gasteiger partial charge on any atom is -0.207 e. The summed E-state index contributed by atoms with van der Waals surface area (Å²) < 4.78 is 12.6. The van der Waals surface area contributed by atoms with E-state index in [2.05, 4.69) is 144 Å². The second-order valence-corrected chi connectivity index (χ2v) is 19.2. The van der Waals surface area contributed by atoms with E-state index in [-0.39, 0.29) is 5.82 Å². The molecular formula is C56H89F. The Hall–Kier alpha value is -2.93. The van der Waals surface area contributed by atoms with Gasteiger partial charge in [-0.05, 0) is 147 Å². The maximum atomic E-state index is 12.6. The Morgan fingerprint density at radius 2 is 0.614 bits per heavy atom. The molecule has 2 unspecified atom stereocenters. The minimum atomic E-state index is -0.116. The average Bonchev–Trinajstić information content (AvgIpc) is 3.19. The van der Waals surface area contributed by atoms with Crippen LogP contribution in [0.25, 0.3) is 0 Å². The maximum Gasteiger partial charge on any atom is 0.126 e. The fourth-order valence-corrected chi connectivity index (χ4v) is 7.02. The third kappa shape index (κ3) is 28.2. The summed E-state index contributed by atoms with van der Waals surface area (Å²) in [6.07, 6.45) is 24.6. The van der Waals surface area contributed by atoms with Crippen molar-refractivity contribution in [3.05, 3.63) is 129 Å². The quantitative estimate of drug-likeness (QED) is 0.199. The molecule has 0 radical (unpaired) electrons. The van der Waals surface area contributed by atoms with Gasteiger partial charge in [0.25, 0.3) is 0 Å². The molecule has 4 aliphatic carbocycles. The number of aryl methyl sites for hydroxylation is 6. The highest BCUT2D eigenvalue weighted by molar-refractivity contribution is 5.22. The van der Waals surface area contributed by atoms with Gasteiger partial charge in [0.05, 0.1) is 0 Å². The molecule has 3 aromatic carbocycles. The summed E-state index contributed by atoms with van der Waals surface area (Å²) in [5.74, 6) is 5.85. The smallest absolute Gasteiger partial charge is 0.126 e. The van der Waals surface area contributed by atoms with Crippen LogP contribution in [0.5, 0.6) is 0 Å². The lowest BCUT2D eigenvalue weighted by molar-refractivity contribution is 0.308. The summed E-state index contributed by atoms with van der Waals surface area (Å²) in [4.78, 5) is 0. The molecule has 320 valence electrons. The van der Waals surface area contributed by atoms with Crippen LogP contribution in [0.2, 0.25) is 0 Å². The van der Waals surface area contributed by atoms with Gasteiger partial charge >= 0.3 is 0 Å². The molecule has 2 atom stereocenters. The van der Waals surface area contributed by atoms with E-state index in [0.717, 1.165) is 41.1 Å². The predicted molar refractivity (Wildman–Crippen MR) is 255 cm³/mol. The van der Waals surface area contributed by atoms with Crippen LogP contribution in [0.1, 0.15) is 179 Å². The number of allylic oxidation sites excluding steroid dienone is 4. The van der Waals surface area contributed by atoms with Crippen molar-refractivity contribution in [3.63, 3.8) is 0 Å².